The Hall–Kier alpha value is 0. The molecule has 182 valence electrons. The quantitative estimate of drug-likeness (QED) is 0.385. The van der Waals surface area contributed by atoms with Crippen LogP contribution in [0.5, 0.6) is 0 Å². The minimum Gasteiger partial charge on any atom is -0.0683 e. The fraction of sp³-hybridized carbons (Fsp3) is 1.00. The van der Waals surface area contributed by atoms with Gasteiger partial charge in [-0.25, -0.2) is 0 Å². The molecule has 0 nitrogen and oxygen atoms in total. The summed E-state index contributed by atoms with van der Waals surface area (Å²) >= 11 is 0. The topological polar surface area (TPSA) is 0 Å². The van der Waals surface area contributed by atoms with Gasteiger partial charge in [-0.1, -0.05) is 180 Å². The fourth-order valence-electron chi connectivity index (χ4n) is 0. The Bertz CT molecular complexity index is 0. The smallest absolute Gasteiger partial charge is 0.0683 e. The van der Waals surface area contributed by atoms with E-state index in [0.29, 0.717) is 0 Å². The molecule has 0 aromatic carbocycles. The predicted molar refractivity (Wildman–Crippen MR) is 148 cm³/mol. The van der Waals surface area contributed by atoms with Crippen LogP contribution in [0.4, 0.5) is 0 Å². The van der Waals surface area contributed by atoms with Crippen molar-refractivity contribution in [3.8, 4) is 0 Å². The first-order chi connectivity index (χ1) is 13.0. The van der Waals surface area contributed by atoms with Crippen LogP contribution >= 0.6 is 0 Å². The van der Waals surface area contributed by atoms with Crippen LogP contribution in [0.1, 0.15) is 180 Å². The van der Waals surface area contributed by atoms with Gasteiger partial charge in [-0.15, -0.1) is 0 Å². The Morgan fingerprint density at radius 1 is 0.0769 bits per heavy atom. The molecule has 0 rings (SSSR count). The third-order valence-electron chi connectivity index (χ3n) is 0. The van der Waals surface area contributed by atoms with Gasteiger partial charge in [0, 0.05) is 0 Å². The van der Waals surface area contributed by atoms with Crippen LogP contribution < -0.4 is 0 Å². The van der Waals surface area contributed by atoms with Gasteiger partial charge in [0.1, 0.15) is 0 Å². The molecule has 0 amide bonds. The Kier molecular flexibility index (Phi) is 0. The normalized spacial score (nSPS) is 3.00. The van der Waals surface area contributed by atoms with E-state index in [0.717, 1.165) is 0 Å². The van der Waals surface area contributed by atoms with Crippen LogP contribution in [0, 0.1) is 0 Å². The molecule has 0 aliphatic rings. The molecule has 26 heavy (non-hydrogen) atoms. The summed E-state index contributed by atoms with van der Waals surface area (Å²) in [4.78, 5) is 0. The molecule has 0 aliphatic heterocycles. The van der Waals surface area contributed by atoms with Crippen molar-refractivity contribution in [3.05, 3.63) is 0 Å². The molecule has 0 radical (unpaired) electrons. The molecule has 0 heteroatoms. The van der Waals surface area contributed by atoms with E-state index >= 15 is 0 Å². The van der Waals surface area contributed by atoms with Crippen LogP contribution in [0.15, 0.2) is 0 Å². The lowest BCUT2D eigenvalue weighted by molar-refractivity contribution is 1.50. The van der Waals surface area contributed by atoms with E-state index in [-0.39, 0.29) is 0 Å². The fourth-order valence-corrected chi connectivity index (χ4v) is 0. The van der Waals surface area contributed by atoms with Gasteiger partial charge in [0.05, 0.1) is 0 Å². The Morgan fingerprint density at radius 2 is 0.0769 bits per heavy atom. The average molecular weight is 391 g/mol. The average Bonchev–Trinajstić information content (AvgIpc) is 2.90. The molecule has 0 spiro atoms. The molecule has 0 aromatic rings. The highest BCUT2D eigenvalue weighted by Gasteiger charge is 0.956. The van der Waals surface area contributed by atoms with Crippen molar-refractivity contribution in [2.24, 2.45) is 0 Å². The van der Waals surface area contributed by atoms with E-state index < -0.39 is 0 Å². The molecule has 0 bridgehead atoms. The molecule has 0 N–H and O–H groups in total. The first-order valence-corrected chi connectivity index (χ1v) is 13.0. The third-order valence-corrected chi connectivity index (χ3v) is 0. The highest BCUT2D eigenvalue weighted by Crippen LogP contribution is 1.17. The van der Waals surface area contributed by atoms with Crippen LogP contribution in [0.25, 0.3) is 0 Å². The minimum atomic E-state index is 2.00. The van der Waals surface area contributed by atoms with E-state index in [1.54, 1.807) is 0 Å². The maximum atomic E-state index is 2.00. The van der Waals surface area contributed by atoms with Gasteiger partial charge in [-0.05, 0) is 0 Å². The van der Waals surface area contributed by atoms with E-state index in [2.05, 4.69) is 0 Å². The second-order valence-corrected chi connectivity index (χ2v) is 0. The molecule has 0 unspecified atom stereocenters. The summed E-state index contributed by atoms with van der Waals surface area (Å²) in [6.45, 7) is 52.0. The van der Waals surface area contributed by atoms with Gasteiger partial charge < -0.3 is 0 Å². The summed E-state index contributed by atoms with van der Waals surface area (Å²) in [5.74, 6) is 0. The standard InChI is InChI=1S/13C2H6/c13*1-2/h13*1-2H3. The van der Waals surface area contributed by atoms with Crippen molar-refractivity contribution < 1.29 is 0 Å². The Labute approximate surface area is 180 Å². The van der Waals surface area contributed by atoms with Gasteiger partial charge in [-0.2, -0.15) is 0 Å². The minimum absolute atomic E-state index is 2.00. The lowest BCUT2D eigenvalue weighted by Crippen LogP contribution is -0.856. The van der Waals surface area contributed by atoms with Crippen molar-refractivity contribution in [1.82, 2.24) is 0 Å². The summed E-state index contributed by atoms with van der Waals surface area (Å²) < 4.78 is 0. The van der Waals surface area contributed by atoms with Crippen LogP contribution in [-0.4, -0.2) is 0 Å². The lowest BCUT2D eigenvalue weighted by Gasteiger charge is -1.07. The molecule has 0 aromatic heterocycles. The van der Waals surface area contributed by atoms with Crippen molar-refractivity contribution in [2.75, 3.05) is 0 Å². The van der Waals surface area contributed by atoms with Crippen LogP contribution in [0.3, 0.4) is 0 Å². The van der Waals surface area contributed by atoms with E-state index in [1.165, 1.54) is 0 Å². The van der Waals surface area contributed by atoms with Gasteiger partial charge in [0.15, 0.2) is 0 Å². The number of hydrogen-bond acceptors (Lipinski definition) is 0. The van der Waals surface area contributed by atoms with E-state index in [9.17, 15) is 0 Å². The first kappa shape index (κ1) is 96.2. The highest BCUT2D eigenvalue weighted by molar-refractivity contribution is 3.53. The molecule has 0 fully saturated rings. The summed E-state index contributed by atoms with van der Waals surface area (Å²) in [5, 5.41) is 0. The molecule has 0 heterocycles. The summed E-state index contributed by atoms with van der Waals surface area (Å²) in [6.07, 6.45) is 0. The van der Waals surface area contributed by atoms with Crippen molar-refractivity contribution >= 4 is 0 Å². The van der Waals surface area contributed by atoms with Crippen LogP contribution in [-0.2, 0) is 0 Å². The van der Waals surface area contributed by atoms with Gasteiger partial charge in [0.25, 0.3) is 0 Å². The van der Waals surface area contributed by atoms with E-state index in [1.807, 2.05) is 180 Å². The molecule has 0 saturated heterocycles. The zero-order valence-corrected chi connectivity index (χ0v) is 26.0. The molecule has 0 saturated carbocycles. The second kappa shape index (κ2) is 0. The number of rotatable bonds is 0. The monoisotopic (exact) mass is 391 g/mol. The molecular formula is C26H78. The van der Waals surface area contributed by atoms with Gasteiger partial charge >= 0.3 is 0 Å². The number of hydrogen-bond donors (Lipinski definition) is 0. The Balaban J connectivity index is -0.00000000640. The first-order valence-electron chi connectivity index (χ1n) is 13.0. The van der Waals surface area contributed by atoms with Gasteiger partial charge in [0.2, 0.25) is 0 Å². The largest absolute Gasteiger partial charge is 0.0683 e. The zero-order chi connectivity index (χ0) is 26.0. The SMILES string of the molecule is CC.CC.CC.CC.CC.CC.CC.CC.CC.CC.CC.CC.CC. The van der Waals surface area contributed by atoms with Crippen molar-refractivity contribution in [1.29, 1.82) is 0 Å². The maximum absolute atomic E-state index is 2.00. The molecule has 0 aliphatic carbocycles. The zero-order valence-electron chi connectivity index (χ0n) is 26.0. The summed E-state index contributed by atoms with van der Waals surface area (Å²) in [7, 11) is 0. The Morgan fingerprint density at radius 3 is 0.0769 bits per heavy atom. The van der Waals surface area contributed by atoms with Crippen molar-refractivity contribution in [2.45, 2.75) is 180 Å². The summed E-state index contributed by atoms with van der Waals surface area (Å²) in [5.41, 5.74) is 0. The third kappa shape index (κ3) is 0. The van der Waals surface area contributed by atoms with Crippen molar-refractivity contribution in [3.63, 3.8) is 0 Å². The van der Waals surface area contributed by atoms with Gasteiger partial charge in [-0.3, -0.25) is 0 Å². The summed E-state index contributed by atoms with van der Waals surface area (Å²) in [6, 6.07) is 0. The molecular weight excluding hydrogens is 312 g/mol. The van der Waals surface area contributed by atoms with Crippen LogP contribution in [0.2, 0.25) is 0 Å². The van der Waals surface area contributed by atoms with E-state index in [4.69, 9.17) is 0 Å². The predicted octanol–water partition coefficient (Wildman–Crippen LogP) is 13.3. The maximum Gasteiger partial charge on any atom is -0.0683 e. The lowest BCUT2D eigenvalue weighted by atomic mass is 11.0. The highest BCUT2D eigenvalue weighted by atomic mass is 13.0. The second-order valence-electron chi connectivity index (χ2n) is 0. The molecule has 0 atom stereocenters.